The number of halogens is 1. The third-order valence-corrected chi connectivity index (χ3v) is 6.12. The molecule has 3 unspecified atom stereocenters. The molecule has 0 bridgehead atoms. The molecule has 2 fully saturated rings. The average Bonchev–Trinajstić information content (AvgIpc) is 2.88. The first-order chi connectivity index (χ1) is 9.72. The SMILES string of the molecule is CNC(c1cncc(Br)c1)C1CCOC2(CCSC2)C1. The zero-order chi connectivity index (χ0) is 14.0. The summed E-state index contributed by atoms with van der Waals surface area (Å²) in [5, 5.41) is 3.50. The third kappa shape index (κ3) is 3.06. The molecule has 0 aliphatic carbocycles. The maximum absolute atomic E-state index is 6.14. The molecule has 3 atom stereocenters. The number of hydrogen-bond donors (Lipinski definition) is 1. The summed E-state index contributed by atoms with van der Waals surface area (Å²) in [6.45, 7) is 0.894. The number of thioether (sulfide) groups is 1. The Labute approximate surface area is 133 Å². The number of ether oxygens (including phenoxy) is 1. The number of nitrogens with one attached hydrogen (secondary N) is 1. The Morgan fingerprint density at radius 1 is 1.55 bits per heavy atom. The highest BCUT2D eigenvalue weighted by atomic mass is 79.9. The van der Waals surface area contributed by atoms with Crippen LogP contribution in [0.2, 0.25) is 0 Å². The van der Waals surface area contributed by atoms with Crippen molar-refractivity contribution in [1.82, 2.24) is 10.3 Å². The summed E-state index contributed by atoms with van der Waals surface area (Å²) in [4.78, 5) is 4.31. The van der Waals surface area contributed by atoms with Crippen LogP contribution in [0.25, 0.3) is 0 Å². The van der Waals surface area contributed by atoms with Crippen molar-refractivity contribution in [2.45, 2.75) is 30.9 Å². The Bertz CT molecular complexity index is 465. The van der Waals surface area contributed by atoms with Crippen molar-refractivity contribution >= 4 is 27.7 Å². The molecule has 1 spiro atoms. The van der Waals surface area contributed by atoms with Gasteiger partial charge in [-0.1, -0.05) is 0 Å². The van der Waals surface area contributed by atoms with Gasteiger partial charge in [0.15, 0.2) is 0 Å². The average molecular weight is 357 g/mol. The summed E-state index contributed by atoms with van der Waals surface area (Å²) >= 11 is 5.56. The third-order valence-electron chi connectivity index (χ3n) is 4.47. The van der Waals surface area contributed by atoms with Gasteiger partial charge in [0.1, 0.15) is 0 Å². The predicted octanol–water partition coefficient (Wildman–Crippen LogP) is 3.41. The van der Waals surface area contributed by atoms with Gasteiger partial charge in [-0.2, -0.15) is 11.8 Å². The zero-order valence-corrected chi connectivity index (χ0v) is 14.2. The van der Waals surface area contributed by atoms with Crippen LogP contribution < -0.4 is 5.32 Å². The van der Waals surface area contributed by atoms with Gasteiger partial charge in [-0.25, -0.2) is 0 Å². The van der Waals surface area contributed by atoms with Crippen molar-refractivity contribution in [1.29, 1.82) is 0 Å². The Morgan fingerprint density at radius 2 is 2.45 bits per heavy atom. The van der Waals surface area contributed by atoms with E-state index in [4.69, 9.17) is 4.74 Å². The molecule has 2 aliphatic rings. The Balaban J connectivity index is 1.78. The molecule has 3 heterocycles. The molecular weight excluding hydrogens is 336 g/mol. The van der Waals surface area contributed by atoms with Gasteiger partial charge in [-0.15, -0.1) is 0 Å². The summed E-state index contributed by atoms with van der Waals surface area (Å²) < 4.78 is 7.19. The normalized spacial score (nSPS) is 31.6. The maximum atomic E-state index is 6.14. The molecular formula is C15H21BrN2OS. The van der Waals surface area contributed by atoms with Crippen LogP contribution in [0.1, 0.15) is 30.9 Å². The second kappa shape index (κ2) is 6.34. The van der Waals surface area contributed by atoms with E-state index in [1.165, 1.54) is 17.7 Å². The van der Waals surface area contributed by atoms with Crippen LogP contribution in [0.4, 0.5) is 0 Å². The van der Waals surface area contributed by atoms with E-state index < -0.39 is 0 Å². The van der Waals surface area contributed by atoms with Gasteiger partial charge in [0, 0.05) is 35.3 Å². The Morgan fingerprint density at radius 3 is 3.15 bits per heavy atom. The van der Waals surface area contributed by atoms with E-state index in [1.807, 2.05) is 24.2 Å². The summed E-state index contributed by atoms with van der Waals surface area (Å²) in [6, 6.07) is 2.55. The van der Waals surface area contributed by atoms with E-state index in [0.717, 1.165) is 29.7 Å². The van der Waals surface area contributed by atoms with Crippen molar-refractivity contribution < 1.29 is 4.74 Å². The van der Waals surface area contributed by atoms with Gasteiger partial charge >= 0.3 is 0 Å². The molecule has 1 N–H and O–H groups in total. The lowest BCUT2D eigenvalue weighted by atomic mass is 9.79. The molecule has 110 valence electrons. The summed E-state index contributed by atoms with van der Waals surface area (Å²) in [7, 11) is 2.05. The number of aromatic nitrogens is 1. The highest BCUT2D eigenvalue weighted by Gasteiger charge is 2.42. The van der Waals surface area contributed by atoms with Crippen LogP contribution in [0, 0.1) is 5.92 Å². The van der Waals surface area contributed by atoms with Gasteiger partial charge in [-0.3, -0.25) is 4.98 Å². The first-order valence-electron chi connectivity index (χ1n) is 7.22. The lowest BCUT2D eigenvalue weighted by Gasteiger charge is -2.41. The van der Waals surface area contributed by atoms with Gasteiger partial charge in [0.25, 0.3) is 0 Å². The minimum atomic E-state index is 0.141. The fourth-order valence-electron chi connectivity index (χ4n) is 3.49. The van der Waals surface area contributed by atoms with Crippen molar-refractivity contribution in [2.75, 3.05) is 25.2 Å². The van der Waals surface area contributed by atoms with E-state index in [0.29, 0.717) is 12.0 Å². The number of nitrogens with zero attached hydrogens (tertiary/aromatic N) is 1. The first kappa shape index (κ1) is 14.8. The molecule has 0 radical (unpaired) electrons. The Hall–Kier alpha value is -0.100. The van der Waals surface area contributed by atoms with E-state index in [-0.39, 0.29) is 5.60 Å². The van der Waals surface area contributed by atoms with Crippen LogP contribution in [0.15, 0.2) is 22.9 Å². The fourth-order valence-corrected chi connectivity index (χ4v) is 5.25. The largest absolute Gasteiger partial charge is 0.374 e. The number of hydrogen-bond acceptors (Lipinski definition) is 4. The van der Waals surface area contributed by atoms with Crippen molar-refractivity contribution in [3.8, 4) is 0 Å². The smallest absolute Gasteiger partial charge is 0.0783 e. The molecule has 0 aromatic carbocycles. The molecule has 2 saturated heterocycles. The van der Waals surface area contributed by atoms with Crippen LogP contribution in [0.3, 0.4) is 0 Å². The van der Waals surface area contributed by atoms with Gasteiger partial charge in [0.2, 0.25) is 0 Å². The topological polar surface area (TPSA) is 34.2 Å². The maximum Gasteiger partial charge on any atom is 0.0783 e. The summed E-state index contributed by atoms with van der Waals surface area (Å²) in [6.07, 6.45) is 7.33. The van der Waals surface area contributed by atoms with Gasteiger partial charge < -0.3 is 10.1 Å². The monoisotopic (exact) mass is 356 g/mol. The molecule has 5 heteroatoms. The summed E-state index contributed by atoms with van der Waals surface area (Å²) in [5.74, 6) is 3.04. The number of rotatable bonds is 3. The lowest BCUT2D eigenvalue weighted by Crippen LogP contribution is -2.43. The highest BCUT2D eigenvalue weighted by Crippen LogP contribution is 2.44. The molecule has 0 saturated carbocycles. The lowest BCUT2D eigenvalue weighted by molar-refractivity contribution is -0.0850. The van der Waals surface area contributed by atoms with Crippen LogP contribution in [-0.4, -0.2) is 35.7 Å². The molecule has 2 aliphatic heterocycles. The first-order valence-corrected chi connectivity index (χ1v) is 9.17. The van der Waals surface area contributed by atoms with Crippen molar-refractivity contribution in [3.05, 3.63) is 28.5 Å². The van der Waals surface area contributed by atoms with Gasteiger partial charge in [-0.05, 0) is 65.5 Å². The van der Waals surface area contributed by atoms with Gasteiger partial charge in [0.05, 0.1) is 5.60 Å². The van der Waals surface area contributed by atoms with Crippen LogP contribution >= 0.6 is 27.7 Å². The number of pyridine rings is 1. The zero-order valence-electron chi connectivity index (χ0n) is 11.8. The minimum Gasteiger partial charge on any atom is -0.374 e. The molecule has 1 aromatic heterocycles. The molecule has 3 rings (SSSR count). The molecule has 3 nitrogen and oxygen atoms in total. The standard InChI is InChI=1S/C15H21BrN2OS/c1-17-14(12-6-13(16)9-18-8-12)11-2-4-19-15(7-11)3-5-20-10-15/h6,8-9,11,14,17H,2-5,7,10H2,1H3. The fraction of sp³-hybridized carbons (Fsp3) is 0.667. The Kier molecular flexibility index (Phi) is 4.70. The van der Waals surface area contributed by atoms with Crippen LogP contribution in [0.5, 0.6) is 0 Å². The second-order valence-electron chi connectivity index (χ2n) is 5.79. The predicted molar refractivity (Wildman–Crippen MR) is 87.1 cm³/mol. The van der Waals surface area contributed by atoms with E-state index in [2.05, 4.69) is 39.3 Å². The van der Waals surface area contributed by atoms with Crippen molar-refractivity contribution in [3.63, 3.8) is 0 Å². The second-order valence-corrected chi connectivity index (χ2v) is 7.81. The quantitative estimate of drug-likeness (QED) is 0.899. The molecule has 1 aromatic rings. The molecule has 0 amide bonds. The molecule has 20 heavy (non-hydrogen) atoms. The van der Waals surface area contributed by atoms with E-state index in [9.17, 15) is 0 Å². The highest BCUT2D eigenvalue weighted by molar-refractivity contribution is 9.10. The van der Waals surface area contributed by atoms with E-state index in [1.54, 1.807) is 0 Å². The summed E-state index contributed by atoms with van der Waals surface area (Å²) in [5.41, 5.74) is 1.41. The minimum absolute atomic E-state index is 0.141. The van der Waals surface area contributed by atoms with Crippen LogP contribution in [-0.2, 0) is 4.74 Å². The van der Waals surface area contributed by atoms with Crippen molar-refractivity contribution in [2.24, 2.45) is 5.92 Å². The van der Waals surface area contributed by atoms with E-state index >= 15 is 0 Å².